The number of para-hydroxylation sites is 1. The highest BCUT2D eigenvalue weighted by atomic mass is 19.1. The molecule has 0 saturated carbocycles. The third kappa shape index (κ3) is 4.68. The Morgan fingerprint density at radius 2 is 1.71 bits per heavy atom. The Bertz CT molecular complexity index is 1370. The fraction of sp³-hybridized carbons (Fsp3) is 0.160. The zero-order valence-electron chi connectivity index (χ0n) is 18.7. The zero-order chi connectivity index (χ0) is 24.1. The number of hydrogen-bond donors (Lipinski definition) is 3. The van der Waals surface area contributed by atoms with Crippen molar-refractivity contribution in [3.63, 3.8) is 0 Å². The van der Waals surface area contributed by atoms with Gasteiger partial charge >= 0.3 is 0 Å². The number of rotatable bonds is 7. The molecule has 2 heterocycles. The second-order valence-electron chi connectivity index (χ2n) is 7.49. The Balaban J connectivity index is 1.49. The van der Waals surface area contributed by atoms with Crippen LogP contribution in [0.1, 0.15) is 26.3 Å². The highest BCUT2D eigenvalue weighted by molar-refractivity contribution is 6.06. The van der Waals surface area contributed by atoms with E-state index in [0.29, 0.717) is 35.6 Å². The Hall–Kier alpha value is -4.40. The SMILES string of the molecule is CNC(=O)c1ccc(-c2cc(NCCc3cccc4c(C(=O)NC)ccnc34)ncn2)cc1F. The molecule has 0 atom stereocenters. The highest BCUT2D eigenvalue weighted by Gasteiger charge is 2.13. The van der Waals surface area contributed by atoms with Crippen LogP contribution in [0.25, 0.3) is 22.2 Å². The number of fused-ring (bicyclic) bond motifs is 1. The number of benzene rings is 2. The van der Waals surface area contributed by atoms with Crippen molar-refractivity contribution in [3.8, 4) is 11.3 Å². The van der Waals surface area contributed by atoms with Crippen LogP contribution in [-0.4, -0.2) is 47.4 Å². The van der Waals surface area contributed by atoms with Crippen LogP contribution < -0.4 is 16.0 Å². The average molecular weight is 458 g/mol. The summed E-state index contributed by atoms with van der Waals surface area (Å²) in [7, 11) is 3.05. The van der Waals surface area contributed by atoms with E-state index in [9.17, 15) is 14.0 Å². The van der Waals surface area contributed by atoms with Crippen molar-refractivity contribution >= 4 is 28.5 Å². The summed E-state index contributed by atoms with van der Waals surface area (Å²) in [5.41, 5.74) is 3.40. The van der Waals surface area contributed by atoms with Crippen molar-refractivity contribution in [1.29, 1.82) is 0 Å². The molecule has 2 aromatic carbocycles. The number of anilines is 1. The van der Waals surface area contributed by atoms with Crippen molar-refractivity contribution < 1.29 is 14.0 Å². The number of pyridine rings is 1. The monoisotopic (exact) mass is 458 g/mol. The molecule has 8 nitrogen and oxygen atoms in total. The summed E-state index contributed by atoms with van der Waals surface area (Å²) in [5, 5.41) is 9.12. The van der Waals surface area contributed by atoms with Gasteiger partial charge in [0.1, 0.15) is 18.0 Å². The standard InChI is InChI=1S/C25H23FN6O2/c1-27-24(33)18-9-11-30-23-15(4-3-5-17(18)23)8-10-29-22-13-21(31-14-32-22)16-6-7-19(20(26)12-16)25(34)28-2/h3-7,9,11-14H,8,10H2,1-2H3,(H,27,33)(H,28,34)(H,29,31,32). The number of hydrogen-bond acceptors (Lipinski definition) is 6. The second-order valence-corrected chi connectivity index (χ2v) is 7.49. The first-order valence-corrected chi connectivity index (χ1v) is 10.7. The van der Waals surface area contributed by atoms with E-state index in [1.54, 1.807) is 31.4 Å². The lowest BCUT2D eigenvalue weighted by atomic mass is 10.0. The van der Waals surface area contributed by atoms with Gasteiger partial charge in [-0.05, 0) is 30.2 Å². The van der Waals surface area contributed by atoms with E-state index < -0.39 is 11.7 Å². The van der Waals surface area contributed by atoms with Crippen LogP contribution in [0.15, 0.2) is 61.1 Å². The predicted octanol–water partition coefficient (Wildman–Crippen LogP) is 3.20. The molecule has 0 unspecified atom stereocenters. The minimum absolute atomic E-state index is 0.0260. The van der Waals surface area contributed by atoms with Crippen LogP contribution in [0.2, 0.25) is 0 Å². The summed E-state index contributed by atoms with van der Waals surface area (Å²) >= 11 is 0. The lowest BCUT2D eigenvalue weighted by Gasteiger charge is -2.11. The van der Waals surface area contributed by atoms with Crippen LogP contribution in [0.5, 0.6) is 0 Å². The molecule has 0 spiro atoms. The summed E-state index contributed by atoms with van der Waals surface area (Å²) < 4.78 is 14.3. The maximum Gasteiger partial charge on any atom is 0.253 e. The quantitative estimate of drug-likeness (QED) is 0.392. The first kappa shape index (κ1) is 22.8. The Labute approximate surface area is 195 Å². The van der Waals surface area contributed by atoms with Crippen molar-refractivity contribution in [3.05, 3.63) is 83.6 Å². The molecule has 172 valence electrons. The molecular formula is C25H23FN6O2. The second kappa shape index (κ2) is 10.0. The number of nitrogens with zero attached hydrogens (tertiary/aromatic N) is 3. The summed E-state index contributed by atoms with van der Waals surface area (Å²) in [5.74, 6) is -0.681. The minimum atomic E-state index is -0.621. The van der Waals surface area contributed by atoms with Crippen molar-refractivity contribution in [2.75, 3.05) is 26.0 Å². The summed E-state index contributed by atoms with van der Waals surface area (Å²) in [6.45, 7) is 0.561. The van der Waals surface area contributed by atoms with E-state index in [4.69, 9.17) is 0 Å². The topological polar surface area (TPSA) is 109 Å². The summed E-state index contributed by atoms with van der Waals surface area (Å²) in [6.07, 6.45) is 3.68. The predicted molar refractivity (Wildman–Crippen MR) is 128 cm³/mol. The van der Waals surface area contributed by atoms with Gasteiger partial charge in [-0.15, -0.1) is 0 Å². The van der Waals surface area contributed by atoms with Gasteiger partial charge in [0.05, 0.1) is 22.3 Å². The number of amides is 2. The molecule has 0 bridgehead atoms. The third-order valence-electron chi connectivity index (χ3n) is 5.43. The Kier molecular flexibility index (Phi) is 6.72. The van der Waals surface area contributed by atoms with Crippen LogP contribution in [-0.2, 0) is 6.42 Å². The fourth-order valence-electron chi connectivity index (χ4n) is 3.70. The molecule has 0 fully saturated rings. The van der Waals surface area contributed by atoms with Gasteiger partial charge in [0.2, 0.25) is 0 Å². The van der Waals surface area contributed by atoms with Crippen LogP contribution in [0, 0.1) is 5.82 Å². The van der Waals surface area contributed by atoms with E-state index in [-0.39, 0.29) is 11.5 Å². The Morgan fingerprint density at radius 1 is 0.912 bits per heavy atom. The molecular weight excluding hydrogens is 435 g/mol. The molecule has 34 heavy (non-hydrogen) atoms. The lowest BCUT2D eigenvalue weighted by molar-refractivity contribution is 0.0953. The average Bonchev–Trinajstić information content (AvgIpc) is 2.87. The molecule has 0 radical (unpaired) electrons. The lowest BCUT2D eigenvalue weighted by Crippen LogP contribution is -2.19. The molecule has 3 N–H and O–H groups in total. The largest absolute Gasteiger partial charge is 0.370 e. The number of aromatic nitrogens is 3. The molecule has 4 aromatic rings. The molecule has 0 aliphatic carbocycles. The molecule has 0 aliphatic heterocycles. The number of halogens is 1. The first-order chi connectivity index (χ1) is 16.5. The smallest absolute Gasteiger partial charge is 0.253 e. The van der Waals surface area contributed by atoms with Gasteiger partial charge in [-0.3, -0.25) is 14.6 Å². The van der Waals surface area contributed by atoms with Crippen LogP contribution in [0.4, 0.5) is 10.2 Å². The third-order valence-corrected chi connectivity index (χ3v) is 5.43. The number of carbonyl (C=O) groups is 2. The number of carbonyl (C=O) groups excluding carboxylic acids is 2. The van der Waals surface area contributed by atoms with E-state index in [1.165, 1.54) is 25.5 Å². The van der Waals surface area contributed by atoms with Crippen LogP contribution in [0.3, 0.4) is 0 Å². The maximum atomic E-state index is 14.3. The number of nitrogens with one attached hydrogen (secondary N) is 3. The van der Waals surface area contributed by atoms with Gasteiger partial charge in [-0.25, -0.2) is 14.4 Å². The van der Waals surface area contributed by atoms with E-state index in [0.717, 1.165) is 16.5 Å². The molecule has 2 amide bonds. The van der Waals surface area contributed by atoms with E-state index in [2.05, 4.69) is 30.9 Å². The van der Waals surface area contributed by atoms with Gasteiger partial charge in [0, 0.05) is 43.9 Å². The summed E-state index contributed by atoms with van der Waals surface area (Å²) in [4.78, 5) is 36.8. The normalized spacial score (nSPS) is 10.7. The van der Waals surface area contributed by atoms with Gasteiger partial charge in [0.25, 0.3) is 11.8 Å². The summed E-state index contributed by atoms with van der Waals surface area (Å²) in [6, 6.07) is 13.6. The first-order valence-electron chi connectivity index (χ1n) is 10.7. The highest BCUT2D eigenvalue weighted by Crippen LogP contribution is 2.23. The molecule has 0 saturated heterocycles. The molecule has 9 heteroatoms. The van der Waals surface area contributed by atoms with Crippen molar-refractivity contribution in [2.45, 2.75) is 6.42 Å². The Morgan fingerprint density at radius 3 is 2.47 bits per heavy atom. The van der Waals surface area contributed by atoms with Crippen molar-refractivity contribution in [2.24, 2.45) is 0 Å². The van der Waals surface area contributed by atoms with Gasteiger partial charge in [0.15, 0.2) is 0 Å². The maximum absolute atomic E-state index is 14.3. The molecule has 0 aliphatic rings. The van der Waals surface area contributed by atoms with Gasteiger partial charge in [-0.1, -0.05) is 24.3 Å². The van der Waals surface area contributed by atoms with Crippen molar-refractivity contribution in [1.82, 2.24) is 25.6 Å². The molecule has 2 aromatic heterocycles. The van der Waals surface area contributed by atoms with Gasteiger partial charge < -0.3 is 16.0 Å². The van der Waals surface area contributed by atoms with Crippen LogP contribution >= 0.6 is 0 Å². The van der Waals surface area contributed by atoms with E-state index in [1.807, 2.05) is 18.2 Å². The fourth-order valence-corrected chi connectivity index (χ4v) is 3.70. The van der Waals surface area contributed by atoms with Gasteiger partial charge in [-0.2, -0.15) is 0 Å². The minimum Gasteiger partial charge on any atom is -0.370 e. The zero-order valence-corrected chi connectivity index (χ0v) is 18.7. The molecule has 4 rings (SSSR count). The van der Waals surface area contributed by atoms with E-state index >= 15 is 0 Å².